The van der Waals surface area contributed by atoms with Crippen LogP contribution in [0.15, 0.2) is 0 Å². The van der Waals surface area contributed by atoms with Gasteiger partial charge < -0.3 is 16.0 Å². The maximum absolute atomic E-state index is 12.1. The molecule has 0 aliphatic heterocycles. The highest BCUT2D eigenvalue weighted by atomic mass is 16.2. The zero-order chi connectivity index (χ0) is 12.8. The SMILES string of the molecule is CCCN(CC(=O)NC)C(=O)C(C)(N)CC. The fourth-order valence-electron chi connectivity index (χ4n) is 1.29. The van der Waals surface area contributed by atoms with E-state index in [9.17, 15) is 9.59 Å². The first-order valence-corrected chi connectivity index (χ1v) is 5.67. The van der Waals surface area contributed by atoms with Crippen LogP contribution in [0.1, 0.15) is 33.6 Å². The Morgan fingerprint density at radius 1 is 1.38 bits per heavy atom. The second-order valence-electron chi connectivity index (χ2n) is 4.17. The number of nitrogens with two attached hydrogens (primary N) is 1. The quantitative estimate of drug-likeness (QED) is 0.678. The van der Waals surface area contributed by atoms with Gasteiger partial charge in [0.15, 0.2) is 0 Å². The molecule has 94 valence electrons. The van der Waals surface area contributed by atoms with Crippen molar-refractivity contribution in [2.24, 2.45) is 5.73 Å². The van der Waals surface area contributed by atoms with Crippen LogP contribution < -0.4 is 11.1 Å². The molecule has 5 nitrogen and oxygen atoms in total. The van der Waals surface area contributed by atoms with Crippen molar-refractivity contribution >= 4 is 11.8 Å². The van der Waals surface area contributed by atoms with Crippen molar-refractivity contribution in [3.05, 3.63) is 0 Å². The molecular weight excluding hydrogens is 206 g/mol. The molecular formula is C11H23N3O2. The second kappa shape index (κ2) is 6.48. The molecule has 0 aromatic carbocycles. The first kappa shape index (κ1) is 14.9. The maximum Gasteiger partial charge on any atom is 0.242 e. The van der Waals surface area contributed by atoms with Crippen LogP contribution >= 0.6 is 0 Å². The fourth-order valence-corrected chi connectivity index (χ4v) is 1.29. The van der Waals surface area contributed by atoms with Gasteiger partial charge in [0.25, 0.3) is 0 Å². The average Bonchev–Trinajstić information content (AvgIpc) is 2.27. The number of nitrogens with one attached hydrogen (secondary N) is 1. The zero-order valence-electron chi connectivity index (χ0n) is 10.7. The van der Waals surface area contributed by atoms with Gasteiger partial charge >= 0.3 is 0 Å². The lowest BCUT2D eigenvalue weighted by Gasteiger charge is -2.30. The van der Waals surface area contributed by atoms with Crippen LogP contribution in [0.5, 0.6) is 0 Å². The van der Waals surface area contributed by atoms with E-state index in [2.05, 4.69) is 5.32 Å². The molecule has 0 bridgehead atoms. The minimum atomic E-state index is -0.886. The number of nitrogens with zero attached hydrogens (tertiary/aromatic N) is 1. The predicted molar refractivity (Wildman–Crippen MR) is 63.8 cm³/mol. The molecule has 0 saturated carbocycles. The van der Waals surface area contributed by atoms with E-state index in [4.69, 9.17) is 5.73 Å². The third-order valence-corrected chi connectivity index (χ3v) is 2.62. The number of amides is 2. The summed E-state index contributed by atoms with van der Waals surface area (Å²) in [4.78, 5) is 24.8. The highest BCUT2D eigenvalue weighted by Gasteiger charge is 2.31. The van der Waals surface area contributed by atoms with Crippen molar-refractivity contribution in [3.8, 4) is 0 Å². The molecule has 0 saturated heterocycles. The number of rotatable bonds is 6. The first-order chi connectivity index (χ1) is 7.38. The second-order valence-corrected chi connectivity index (χ2v) is 4.17. The minimum Gasteiger partial charge on any atom is -0.358 e. The van der Waals surface area contributed by atoms with Gasteiger partial charge in [-0.3, -0.25) is 9.59 Å². The van der Waals surface area contributed by atoms with Gasteiger partial charge in [-0.05, 0) is 19.8 Å². The summed E-state index contributed by atoms with van der Waals surface area (Å²) in [5, 5.41) is 2.50. The van der Waals surface area contributed by atoms with Gasteiger partial charge in [-0.1, -0.05) is 13.8 Å². The summed E-state index contributed by atoms with van der Waals surface area (Å²) < 4.78 is 0. The lowest BCUT2D eigenvalue weighted by atomic mass is 9.98. The van der Waals surface area contributed by atoms with Gasteiger partial charge in [0.05, 0.1) is 12.1 Å². The highest BCUT2D eigenvalue weighted by Crippen LogP contribution is 2.10. The lowest BCUT2D eigenvalue weighted by Crippen LogP contribution is -2.54. The van der Waals surface area contributed by atoms with E-state index in [0.29, 0.717) is 13.0 Å². The fraction of sp³-hybridized carbons (Fsp3) is 0.818. The predicted octanol–water partition coefficient (Wildman–Crippen LogP) is 0.0984. The van der Waals surface area contributed by atoms with Crippen molar-refractivity contribution < 1.29 is 9.59 Å². The van der Waals surface area contributed by atoms with Crippen molar-refractivity contribution in [2.45, 2.75) is 39.2 Å². The van der Waals surface area contributed by atoms with Gasteiger partial charge in [0.2, 0.25) is 11.8 Å². The van der Waals surface area contributed by atoms with Crippen LogP contribution in [0.2, 0.25) is 0 Å². The van der Waals surface area contributed by atoms with Crippen molar-refractivity contribution in [3.63, 3.8) is 0 Å². The van der Waals surface area contributed by atoms with Gasteiger partial charge in [-0.25, -0.2) is 0 Å². The number of likely N-dealkylation sites (N-methyl/N-ethyl adjacent to an activating group) is 1. The molecule has 2 amide bonds. The number of carbonyl (C=O) groups is 2. The van der Waals surface area contributed by atoms with Crippen molar-refractivity contribution in [2.75, 3.05) is 20.1 Å². The summed E-state index contributed by atoms with van der Waals surface area (Å²) in [5.74, 6) is -0.339. The topological polar surface area (TPSA) is 75.4 Å². The summed E-state index contributed by atoms with van der Waals surface area (Å²) in [6.45, 7) is 6.16. The van der Waals surface area contributed by atoms with Crippen LogP contribution in [0.4, 0.5) is 0 Å². The Labute approximate surface area is 97.4 Å². The molecule has 0 aromatic heterocycles. The Kier molecular flexibility index (Phi) is 6.03. The van der Waals surface area contributed by atoms with Crippen LogP contribution in [0.3, 0.4) is 0 Å². The molecule has 3 N–H and O–H groups in total. The average molecular weight is 229 g/mol. The van der Waals surface area contributed by atoms with E-state index in [1.807, 2.05) is 13.8 Å². The first-order valence-electron chi connectivity index (χ1n) is 5.67. The lowest BCUT2D eigenvalue weighted by molar-refractivity contribution is -0.140. The summed E-state index contributed by atoms with van der Waals surface area (Å²) >= 11 is 0. The molecule has 0 spiro atoms. The third-order valence-electron chi connectivity index (χ3n) is 2.62. The number of hydrogen-bond acceptors (Lipinski definition) is 3. The van der Waals surface area contributed by atoms with E-state index in [0.717, 1.165) is 6.42 Å². The Morgan fingerprint density at radius 3 is 2.31 bits per heavy atom. The molecule has 0 aromatic rings. The van der Waals surface area contributed by atoms with E-state index in [1.165, 1.54) is 4.90 Å². The third kappa shape index (κ3) is 4.18. The van der Waals surface area contributed by atoms with E-state index >= 15 is 0 Å². The van der Waals surface area contributed by atoms with E-state index in [1.54, 1.807) is 14.0 Å². The monoisotopic (exact) mass is 229 g/mol. The molecule has 16 heavy (non-hydrogen) atoms. The largest absolute Gasteiger partial charge is 0.358 e. The van der Waals surface area contributed by atoms with E-state index in [-0.39, 0.29) is 18.4 Å². The standard InChI is InChI=1S/C11H23N3O2/c1-5-7-14(8-9(15)13-4)10(16)11(3,12)6-2/h5-8,12H2,1-4H3,(H,13,15). The highest BCUT2D eigenvalue weighted by molar-refractivity contribution is 5.89. The molecule has 1 atom stereocenters. The minimum absolute atomic E-state index is 0.0793. The van der Waals surface area contributed by atoms with Crippen molar-refractivity contribution in [1.82, 2.24) is 10.2 Å². The number of hydrogen-bond donors (Lipinski definition) is 2. The smallest absolute Gasteiger partial charge is 0.242 e. The van der Waals surface area contributed by atoms with Crippen LogP contribution in [0, 0.1) is 0 Å². The molecule has 0 heterocycles. The van der Waals surface area contributed by atoms with Gasteiger partial charge in [0, 0.05) is 13.6 Å². The Balaban J connectivity index is 4.64. The molecule has 1 unspecified atom stereocenters. The normalized spacial score (nSPS) is 14.1. The summed E-state index contributed by atoms with van der Waals surface area (Å²) in [6.07, 6.45) is 1.36. The molecule has 0 fully saturated rings. The van der Waals surface area contributed by atoms with Gasteiger partial charge in [-0.2, -0.15) is 0 Å². The zero-order valence-corrected chi connectivity index (χ0v) is 10.7. The molecule has 5 heteroatoms. The van der Waals surface area contributed by atoms with Crippen molar-refractivity contribution in [1.29, 1.82) is 0 Å². The Bertz CT molecular complexity index is 252. The van der Waals surface area contributed by atoms with Gasteiger partial charge in [-0.15, -0.1) is 0 Å². The molecule has 0 rings (SSSR count). The number of carbonyl (C=O) groups excluding carboxylic acids is 2. The molecule has 0 aliphatic rings. The van der Waals surface area contributed by atoms with Crippen LogP contribution in [0.25, 0.3) is 0 Å². The Morgan fingerprint density at radius 2 is 1.94 bits per heavy atom. The van der Waals surface area contributed by atoms with Crippen LogP contribution in [-0.4, -0.2) is 42.4 Å². The Hall–Kier alpha value is -1.10. The summed E-state index contributed by atoms with van der Waals surface area (Å²) in [5.41, 5.74) is 5.00. The molecule has 0 aliphatic carbocycles. The maximum atomic E-state index is 12.1. The summed E-state index contributed by atoms with van der Waals surface area (Å²) in [7, 11) is 1.55. The molecule has 0 radical (unpaired) electrons. The summed E-state index contributed by atoms with van der Waals surface area (Å²) in [6, 6.07) is 0. The van der Waals surface area contributed by atoms with Crippen LogP contribution in [-0.2, 0) is 9.59 Å². The van der Waals surface area contributed by atoms with Gasteiger partial charge in [0.1, 0.15) is 0 Å². The van der Waals surface area contributed by atoms with E-state index < -0.39 is 5.54 Å².